The number of halogens is 1. The van der Waals surface area contributed by atoms with Crippen molar-refractivity contribution in [3.8, 4) is 0 Å². The van der Waals surface area contributed by atoms with Gasteiger partial charge in [0, 0.05) is 43.9 Å². The summed E-state index contributed by atoms with van der Waals surface area (Å²) >= 11 is 0. The van der Waals surface area contributed by atoms with Crippen molar-refractivity contribution in [2.24, 2.45) is 10.9 Å². The molecule has 1 fully saturated rings. The van der Waals surface area contributed by atoms with Crippen LogP contribution < -0.4 is 15.5 Å². The second kappa shape index (κ2) is 13.7. The van der Waals surface area contributed by atoms with E-state index in [9.17, 15) is 5.11 Å². The molecule has 1 aliphatic rings. The number of rotatable bonds is 8. The van der Waals surface area contributed by atoms with E-state index in [0.29, 0.717) is 25.0 Å². The van der Waals surface area contributed by atoms with Crippen LogP contribution in [0.4, 0.5) is 5.69 Å². The van der Waals surface area contributed by atoms with Gasteiger partial charge in [0.1, 0.15) is 0 Å². The Bertz CT molecular complexity index is 804. The van der Waals surface area contributed by atoms with E-state index in [0.717, 1.165) is 38.4 Å². The number of anilines is 1. The number of aliphatic hydroxyl groups excluding tert-OH is 1. The van der Waals surface area contributed by atoms with Crippen LogP contribution in [0, 0.1) is 5.92 Å². The number of hydrogen-bond acceptors (Lipinski definition) is 3. The minimum atomic E-state index is 0. The van der Waals surface area contributed by atoms with Crippen molar-refractivity contribution in [1.82, 2.24) is 10.6 Å². The van der Waals surface area contributed by atoms with Crippen molar-refractivity contribution < 1.29 is 5.11 Å². The van der Waals surface area contributed by atoms with Crippen molar-refractivity contribution in [2.75, 3.05) is 31.1 Å². The Morgan fingerprint density at radius 3 is 2.31 bits per heavy atom. The van der Waals surface area contributed by atoms with E-state index in [1.54, 1.807) is 0 Å². The average Bonchev–Trinajstić information content (AvgIpc) is 2.83. The van der Waals surface area contributed by atoms with Gasteiger partial charge in [-0.05, 0) is 55.9 Å². The van der Waals surface area contributed by atoms with Crippen LogP contribution in [-0.2, 0) is 6.54 Å². The molecule has 0 spiro atoms. The molecule has 0 saturated carbocycles. The predicted molar refractivity (Wildman–Crippen MR) is 146 cm³/mol. The summed E-state index contributed by atoms with van der Waals surface area (Å²) in [5, 5.41) is 16.3. The lowest BCUT2D eigenvalue weighted by Crippen LogP contribution is -2.44. The molecule has 2 aromatic carbocycles. The first-order chi connectivity index (χ1) is 15.1. The Kier molecular flexibility index (Phi) is 11.3. The number of guanidine groups is 1. The van der Waals surface area contributed by atoms with Crippen LogP contribution in [0.2, 0.25) is 0 Å². The zero-order chi connectivity index (χ0) is 22.1. The van der Waals surface area contributed by atoms with Crippen LogP contribution in [0.25, 0.3) is 0 Å². The summed E-state index contributed by atoms with van der Waals surface area (Å²) in [6.45, 7) is 10.4. The molecule has 1 heterocycles. The number of nitrogens with one attached hydrogen (secondary N) is 2. The largest absolute Gasteiger partial charge is 0.396 e. The zero-order valence-electron chi connectivity index (χ0n) is 19.6. The highest BCUT2D eigenvalue weighted by Crippen LogP contribution is 2.23. The maximum atomic E-state index is 9.33. The van der Waals surface area contributed by atoms with Crippen molar-refractivity contribution >= 4 is 35.6 Å². The molecule has 3 rings (SSSR count). The van der Waals surface area contributed by atoms with Gasteiger partial charge in [0.15, 0.2) is 5.96 Å². The number of nitrogens with zero attached hydrogens (tertiary/aromatic N) is 2. The minimum Gasteiger partial charge on any atom is -0.396 e. The van der Waals surface area contributed by atoms with Gasteiger partial charge in [-0.15, -0.1) is 24.0 Å². The van der Waals surface area contributed by atoms with Crippen LogP contribution >= 0.6 is 24.0 Å². The van der Waals surface area contributed by atoms with Crippen LogP contribution in [0.3, 0.4) is 0 Å². The van der Waals surface area contributed by atoms with Crippen LogP contribution in [-0.4, -0.2) is 43.3 Å². The minimum absolute atomic E-state index is 0. The lowest BCUT2D eigenvalue weighted by Gasteiger charge is -2.32. The Labute approximate surface area is 210 Å². The molecule has 1 aliphatic heterocycles. The second-order valence-electron chi connectivity index (χ2n) is 8.61. The molecular weight excluding hydrogens is 511 g/mol. The van der Waals surface area contributed by atoms with Gasteiger partial charge in [-0.3, -0.25) is 0 Å². The van der Waals surface area contributed by atoms with E-state index in [4.69, 9.17) is 4.99 Å². The van der Waals surface area contributed by atoms with Gasteiger partial charge in [-0.2, -0.15) is 0 Å². The molecule has 0 amide bonds. The monoisotopic (exact) mass is 550 g/mol. The van der Waals surface area contributed by atoms with Crippen LogP contribution in [0.5, 0.6) is 0 Å². The molecule has 0 aromatic heterocycles. The van der Waals surface area contributed by atoms with Gasteiger partial charge < -0.3 is 20.6 Å². The molecule has 32 heavy (non-hydrogen) atoms. The summed E-state index contributed by atoms with van der Waals surface area (Å²) in [7, 11) is 0. The number of aliphatic hydroxyl groups is 1. The molecule has 6 heteroatoms. The van der Waals surface area contributed by atoms with Crippen molar-refractivity contribution in [3.63, 3.8) is 0 Å². The quantitative estimate of drug-likeness (QED) is 0.252. The summed E-state index contributed by atoms with van der Waals surface area (Å²) in [5.74, 6) is 1.71. The smallest absolute Gasteiger partial charge is 0.191 e. The van der Waals surface area contributed by atoms with Gasteiger partial charge in [-0.1, -0.05) is 49.4 Å². The SMILES string of the molecule is CCNC(=NCc1ccc(N2CCC(CO)CC2)cc1)NC(C)C(C)c1ccccc1.I. The van der Waals surface area contributed by atoms with Crippen LogP contribution in [0.15, 0.2) is 59.6 Å². The van der Waals surface area contributed by atoms with Gasteiger partial charge >= 0.3 is 0 Å². The fraction of sp³-hybridized carbons (Fsp3) is 0.500. The van der Waals surface area contributed by atoms with Crippen LogP contribution in [0.1, 0.15) is 50.7 Å². The first-order valence-electron chi connectivity index (χ1n) is 11.6. The van der Waals surface area contributed by atoms with Crippen molar-refractivity contribution in [2.45, 2.75) is 52.1 Å². The Hall–Kier alpha value is -1.80. The number of aliphatic imine (C=N–C) groups is 1. The first-order valence-corrected chi connectivity index (χ1v) is 11.6. The fourth-order valence-electron chi connectivity index (χ4n) is 4.06. The average molecular weight is 551 g/mol. The molecule has 3 N–H and O–H groups in total. The third-order valence-electron chi connectivity index (χ3n) is 6.38. The molecule has 1 saturated heterocycles. The molecule has 2 atom stereocenters. The third kappa shape index (κ3) is 7.66. The molecule has 2 aromatic rings. The maximum absolute atomic E-state index is 9.33. The fourth-order valence-corrected chi connectivity index (χ4v) is 4.06. The standard InChI is InChI=1S/C26H38N4O.HI/c1-4-27-26(29-21(3)20(2)24-8-6-5-7-9-24)28-18-22-10-12-25(13-11-22)30-16-14-23(19-31)15-17-30;/h5-13,20-21,23,31H,4,14-19H2,1-3H3,(H2,27,28,29);1H. The van der Waals surface area contributed by atoms with E-state index >= 15 is 0 Å². The molecule has 0 aliphatic carbocycles. The maximum Gasteiger partial charge on any atom is 0.191 e. The summed E-state index contributed by atoms with van der Waals surface area (Å²) < 4.78 is 0. The van der Waals surface area contributed by atoms with E-state index in [2.05, 4.69) is 90.9 Å². The molecule has 0 bridgehead atoms. The number of hydrogen-bond donors (Lipinski definition) is 3. The van der Waals surface area contributed by atoms with Gasteiger partial charge in [0.2, 0.25) is 0 Å². The molecule has 176 valence electrons. The van der Waals surface area contributed by atoms with Gasteiger partial charge in [0.25, 0.3) is 0 Å². The highest BCUT2D eigenvalue weighted by molar-refractivity contribution is 14.0. The van der Waals surface area contributed by atoms with E-state index < -0.39 is 0 Å². The topological polar surface area (TPSA) is 59.9 Å². The predicted octanol–water partition coefficient (Wildman–Crippen LogP) is 4.76. The Morgan fingerprint density at radius 2 is 1.72 bits per heavy atom. The van der Waals surface area contributed by atoms with Crippen molar-refractivity contribution in [3.05, 3.63) is 65.7 Å². The first kappa shape index (κ1) is 26.5. The summed E-state index contributed by atoms with van der Waals surface area (Å²) in [5.41, 5.74) is 3.80. The normalized spacial score (nSPS) is 16.8. The number of piperidine rings is 1. The number of benzene rings is 2. The summed E-state index contributed by atoms with van der Waals surface area (Å²) in [4.78, 5) is 7.23. The van der Waals surface area contributed by atoms with Gasteiger partial charge in [-0.25, -0.2) is 4.99 Å². The second-order valence-corrected chi connectivity index (χ2v) is 8.61. The highest BCUT2D eigenvalue weighted by Gasteiger charge is 2.18. The summed E-state index contributed by atoms with van der Waals surface area (Å²) in [6, 6.07) is 19.6. The lowest BCUT2D eigenvalue weighted by atomic mass is 9.94. The van der Waals surface area contributed by atoms with Crippen molar-refractivity contribution in [1.29, 1.82) is 0 Å². The summed E-state index contributed by atoms with van der Waals surface area (Å²) in [6.07, 6.45) is 2.14. The Balaban J connectivity index is 0.00000363. The van der Waals surface area contributed by atoms with Gasteiger partial charge in [0.05, 0.1) is 6.54 Å². The molecule has 2 unspecified atom stereocenters. The Morgan fingerprint density at radius 1 is 1.06 bits per heavy atom. The van der Waals surface area contributed by atoms with E-state index in [-0.39, 0.29) is 30.0 Å². The lowest BCUT2D eigenvalue weighted by molar-refractivity contribution is 0.203. The zero-order valence-corrected chi connectivity index (χ0v) is 22.0. The third-order valence-corrected chi connectivity index (χ3v) is 6.38. The highest BCUT2D eigenvalue weighted by atomic mass is 127. The van der Waals surface area contributed by atoms with E-state index in [1.807, 2.05) is 0 Å². The molecule has 5 nitrogen and oxygen atoms in total. The molecule has 0 radical (unpaired) electrons. The molecular formula is C26H39IN4O. The van der Waals surface area contributed by atoms with E-state index in [1.165, 1.54) is 16.8 Å².